The fourth-order valence-corrected chi connectivity index (χ4v) is 3.00. The molecule has 132 valence electrons. The highest BCUT2D eigenvalue weighted by molar-refractivity contribution is 5.76. The summed E-state index contributed by atoms with van der Waals surface area (Å²) in [5.74, 6) is -1.67. The molecular formula is C18H20F2N4O. The predicted molar refractivity (Wildman–Crippen MR) is 89.9 cm³/mol. The highest BCUT2D eigenvalue weighted by Crippen LogP contribution is 2.19. The molecule has 0 saturated carbocycles. The summed E-state index contributed by atoms with van der Waals surface area (Å²) < 4.78 is 26.3. The number of aromatic nitrogens is 2. The van der Waals surface area contributed by atoms with E-state index in [-0.39, 0.29) is 11.9 Å². The van der Waals surface area contributed by atoms with Crippen LogP contribution in [-0.4, -0.2) is 39.9 Å². The number of hydrogen-bond acceptors (Lipinski definition) is 4. The van der Waals surface area contributed by atoms with Crippen molar-refractivity contribution in [1.29, 1.82) is 0 Å². The molecule has 1 aromatic carbocycles. The number of halogens is 2. The SMILES string of the molecule is O=C(CCc1cnccn1)N1CCC[C@@H](Nc2ccc(F)c(F)c2)C1. The molecule has 3 rings (SSSR count). The minimum atomic E-state index is -0.877. The summed E-state index contributed by atoms with van der Waals surface area (Å²) in [7, 11) is 0. The zero-order valence-electron chi connectivity index (χ0n) is 13.8. The molecule has 1 aliphatic heterocycles. The summed E-state index contributed by atoms with van der Waals surface area (Å²) in [6, 6.07) is 3.78. The summed E-state index contributed by atoms with van der Waals surface area (Å²) in [6.45, 7) is 1.27. The molecule has 1 atom stereocenters. The molecule has 0 bridgehead atoms. The zero-order valence-corrected chi connectivity index (χ0v) is 13.8. The minimum absolute atomic E-state index is 0.0269. The Morgan fingerprint density at radius 2 is 2.16 bits per heavy atom. The first kappa shape index (κ1) is 17.3. The van der Waals surface area contributed by atoms with Gasteiger partial charge >= 0.3 is 0 Å². The summed E-state index contributed by atoms with van der Waals surface area (Å²) in [5, 5.41) is 3.18. The number of likely N-dealkylation sites (tertiary alicyclic amines) is 1. The molecule has 25 heavy (non-hydrogen) atoms. The first-order valence-corrected chi connectivity index (χ1v) is 8.36. The van der Waals surface area contributed by atoms with Crippen LogP contribution in [0.15, 0.2) is 36.8 Å². The van der Waals surface area contributed by atoms with E-state index < -0.39 is 11.6 Å². The molecular weight excluding hydrogens is 326 g/mol. The number of nitrogens with zero attached hydrogens (tertiary/aromatic N) is 3. The highest BCUT2D eigenvalue weighted by Gasteiger charge is 2.23. The number of amides is 1. The lowest BCUT2D eigenvalue weighted by molar-refractivity contribution is -0.132. The third-order valence-corrected chi connectivity index (χ3v) is 4.28. The van der Waals surface area contributed by atoms with E-state index in [1.807, 2.05) is 4.90 Å². The Morgan fingerprint density at radius 1 is 1.28 bits per heavy atom. The first-order valence-electron chi connectivity index (χ1n) is 8.36. The number of anilines is 1. The van der Waals surface area contributed by atoms with Crippen molar-refractivity contribution >= 4 is 11.6 Å². The number of rotatable bonds is 5. The number of nitrogens with one attached hydrogen (secondary N) is 1. The molecule has 5 nitrogen and oxygen atoms in total. The number of benzene rings is 1. The van der Waals surface area contributed by atoms with Gasteiger partial charge in [-0.15, -0.1) is 0 Å². The van der Waals surface area contributed by atoms with Gasteiger partial charge in [0.1, 0.15) is 0 Å². The van der Waals surface area contributed by atoms with Crippen molar-refractivity contribution in [2.24, 2.45) is 0 Å². The Morgan fingerprint density at radius 3 is 2.92 bits per heavy atom. The van der Waals surface area contributed by atoms with Gasteiger partial charge in [-0.2, -0.15) is 0 Å². The zero-order chi connectivity index (χ0) is 17.6. The molecule has 1 aromatic heterocycles. The summed E-state index contributed by atoms with van der Waals surface area (Å²) in [4.78, 5) is 22.4. The maximum atomic E-state index is 13.3. The van der Waals surface area contributed by atoms with E-state index in [4.69, 9.17) is 0 Å². The van der Waals surface area contributed by atoms with Gasteiger partial charge in [0.25, 0.3) is 0 Å². The van der Waals surface area contributed by atoms with Gasteiger partial charge in [0.2, 0.25) is 5.91 Å². The van der Waals surface area contributed by atoms with Crippen molar-refractivity contribution in [2.75, 3.05) is 18.4 Å². The Kier molecular flexibility index (Phi) is 5.53. The number of carbonyl (C=O) groups excluding carboxylic acids is 1. The molecule has 0 unspecified atom stereocenters. The first-order chi connectivity index (χ1) is 12.1. The predicted octanol–water partition coefficient (Wildman–Crippen LogP) is 2.79. The fourth-order valence-electron chi connectivity index (χ4n) is 3.00. The smallest absolute Gasteiger partial charge is 0.223 e. The van der Waals surface area contributed by atoms with Crippen molar-refractivity contribution in [2.45, 2.75) is 31.7 Å². The van der Waals surface area contributed by atoms with E-state index in [2.05, 4.69) is 15.3 Å². The second-order valence-corrected chi connectivity index (χ2v) is 6.15. The third kappa shape index (κ3) is 4.71. The van der Waals surface area contributed by atoms with Crippen LogP contribution in [-0.2, 0) is 11.2 Å². The van der Waals surface area contributed by atoms with Crippen molar-refractivity contribution in [1.82, 2.24) is 14.9 Å². The van der Waals surface area contributed by atoms with Gasteiger partial charge in [0, 0.05) is 55.9 Å². The van der Waals surface area contributed by atoms with Gasteiger partial charge in [-0.1, -0.05) is 0 Å². The second-order valence-electron chi connectivity index (χ2n) is 6.15. The molecule has 1 aliphatic rings. The Hall–Kier alpha value is -2.57. The Labute approximate surface area is 145 Å². The normalized spacial score (nSPS) is 17.4. The molecule has 2 aromatic rings. The van der Waals surface area contributed by atoms with Gasteiger partial charge in [0.15, 0.2) is 11.6 Å². The van der Waals surface area contributed by atoms with Crippen LogP contribution < -0.4 is 5.32 Å². The largest absolute Gasteiger partial charge is 0.380 e. The standard InChI is InChI=1S/C18H20F2N4O/c19-16-5-3-13(10-17(16)20)23-15-2-1-9-24(12-15)18(25)6-4-14-11-21-7-8-22-14/h3,5,7-8,10-11,15,23H,1-2,4,6,9,12H2/t15-/m1/s1. The lowest BCUT2D eigenvalue weighted by Gasteiger charge is -2.33. The van der Waals surface area contributed by atoms with Crippen molar-refractivity contribution in [3.05, 3.63) is 54.1 Å². The van der Waals surface area contributed by atoms with E-state index >= 15 is 0 Å². The number of carbonyl (C=O) groups is 1. The second kappa shape index (κ2) is 8.00. The van der Waals surface area contributed by atoms with Crippen molar-refractivity contribution in [3.8, 4) is 0 Å². The Balaban J connectivity index is 1.53. The van der Waals surface area contributed by atoms with E-state index in [1.54, 1.807) is 18.6 Å². The van der Waals surface area contributed by atoms with Crippen LogP contribution in [0.1, 0.15) is 25.0 Å². The number of piperidine rings is 1. The van der Waals surface area contributed by atoms with Crippen LogP contribution >= 0.6 is 0 Å². The van der Waals surface area contributed by atoms with Crippen molar-refractivity contribution in [3.63, 3.8) is 0 Å². The average Bonchev–Trinajstić information content (AvgIpc) is 2.64. The maximum Gasteiger partial charge on any atom is 0.223 e. The number of hydrogen-bond donors (Lipinski definition) is 1. The number of aryl methyl sites for hydroxylation is 1. The van der Waals surface area contributed by atoms with Gasteiger partial charge in [0.05, 0.1) is 5.69 Å². The Bertz CT molecular complexity index is 726. The fraction of sp³-hybridized carbons (Fsp3) is 0.389. The van der Waals surface area contributed by atoms with E-state index in [1.165, 1.54) is 6.07 Å². The monoisotopic (exact) mass is 346 g/mol. The van der Waals surface area contributed by atoms with Gasteiger partial charge in [-0.05, 0) is 31.4 Å². The van der Waals surface area contributed by atoms with Gasteiger partial charge in [-0.3, -0.25) is 14.8 Å². The summed E-state index contributed by atoms with van der Waals surface area (Å²) in [5.41, 5.74) is 1.32. The molecule has 0 aliphatic carbocycles. The summed E-state index contributed by atoms with van der Waals surface area (Å²) >= 11 is 0. The van der Waals surface area contributed by atoms with Crippen LogP contribution in [0, 0.1) is 11.6 Å². The van der Waals surface area contributed by atoms with Crippen LogP contribution in [0.5, 0.6) is 0 Å². The van der Waals surface area contributed by atoms with Gasteiger partial charge < -0.3 is 10.2 Å². The van der Waals surface area contributed by atoms with E-state index in [9.17, 15) is 13.6 Å². The van der Waals surface area contributed by atoms with Crippen LogP contribution in [0.3, 0.4) is 0 Å². The van der Waals surface area contributed by atoms with E-state index in [0.29, 0.717) is 25.1 Å². The quantitative estimate of drug-likeness (QED) is 0.904. The molecule has 0 spiro atoms. The summed E-state index contributed by atoms with van der Waals surface area (Å²) in [6.07, 6.45) is 7.58. The highest BCUT2D eigenvalue weighted by atomic mass is 19.2. The maximum absolute atomic E-state index is 13.3. The third-order valence-electron chi connectivity index (χ3n) is 4.28. The molecule has 2 heterocycles. The topological polar surface area (TPSA) is 58.1 Å². The lowest BCUT2D eigenvalue weighted by atomic mass is 10.0. The average molecular weight is 346 g/mol. The molecule has 7 heteroatoms. The lowest BCUT2D eigenvalue weighted by Crippen LogP contribution is -2.45. The van der Waals surface area contributed by atoms with E-state index in [0.717, 1.165) is 37.2 Å². The molecule has 1 amide bonds. The molecule has 1 N–H and O–H groups in total. The molecule has 1 saturated heterocycles. The van der Waals surface area contributed by atoms with Gasteiger partial charge in [-0.25, -0.2) is 8.78 Å². The molecule has 0 radical (unpaired) electrons. The van der Waals surface area contributed by atoms with Crippen molar-refractivity contribution < 1.29 is 13.6 Å². The minimum Gasteiger partial charge on any atom is -0.380 e. The van der Waals surface area contributed by atoms with Crippen LogP contribution in [0.2, 0.25) is 0 Å². The van der Waals surface area contributed by atoms with Crippen LogP contribution in [0.4, 0.5) is 14.5 Å². The molecule has 1 fully saturated rings. The van der Waals surface area contributed by atoms with Crippen LogP contribution in [0.25, 0.3) is 0 Å².